The van der Waals surface area contributed by atoms with E-state index in [2.05, 4.69) is 10.3 Å². The van der Waals surface area contributed by atoms with Crippen LogP contribution >= 0.6 is 0 Å². The van der Waals surface area contributed by atoms with Gasteiger partial charge in [0.25, 0.3) is 0 Å². The van der Waals surface area contributed by atoms with Crippen LogP contribution in [0.4, 0.5) is 10.5 Å². The van der Waals surface area contributed by atoms with Gasteiger partial charge in [-0.2, -0.15) is 0 Å². The molecule has 0 unspecified atom stereocenters. The van der Waals surface area contributed by atoms with E-state index in [1.165, 1.54) is 6.20 Å². The zero-order valence-electron chi connectivity index (χ0n) is 14.1. The first kappa shape index (κ1) is 17.5. The van der Waals surface area contributed by atoms with Gasteiger partial charge in [0, 0.05) is 11.8 Å². The number of benzene rings is 1. The molecule has 2 rings (SSSR count). The van der Waals surface area contributed by atoms with E-state index in [0.717, 1.165) is 0 Å². The molecular weight excluding hydrogens is 308 g/mol. The number of pyridine rings is 1. The van der Waals surface area contributed by atoms with Gasteiger partial charge in [-0.1, -0.05) is 12.1 Å². The first-order chi connectivity index (χ1) is 11.4. The number of para-hydroxylation sites is 1. The van der Waals surface area contributed by atoms with Crippen molar-refractivity contribution in [2.75, 3.05) is 12.4 Å². The van der Waals surface area contributed by atoms with Gasteiger partial charge in [-0.3, -0.25) is 15.1 Å². The highest BCUT2D eigenvalue weighted by molar-refractivity contribution is 5.98. The number of nitrogens with zero attached hydrogens (tertiary/aromatic N) is 1. The van der Waals surface area contributed by atoms with Gasteiger partial charge in [0.2, 0.25) is 0 Å². The van der Waals surface area contributed by atoms with E-state index in [1.54, 1.807) is 46.1 Å². The molecule has 0 saturated heterocycles. The normalized spacial score (nSPS) is 10.8. The standard InChI is InChI=1S/C18H20N2O4/c1-18(2,3)24-17(22)20-14-9-10-19-16(13(14)11-21)12-7-5-6-8-15(12)23-4/h5-11H,1-4H3,(H,19,20,22). The summed E-state index contributed by atoms with van der Waals surface area (Å²) in [5.74, 6) is 0.586. The Labute approximate surface area is 140 Å². The summed E-state index contributed by atoms with van der Waals surface area (Å²) < 4.78 is 10.5. The van der Waals surface area contributed by atoms with Crippen molar-refractivity contribution in [3.05, 3.63) is 42.1 Å². The van der Waals surface area contributed by atoms with E-state index in [1.807, 2.05) is 12.1 Å². The minimum atomic E-state index is -0.636. The molecule has 126 valence electrons. The lowest BCUT2D eigenvalue weighted by Crippen LogP contribution is -2.27. The zero-order chi connectivity index (χ0) is 17.7. The van der Waals surface area contributed by atoms with E-state index in [9.17, 15) is 9.59 Å². The van der Waals surface area contributed by atoms with Crippen LogP contribution in [0.25, 0.3) is 11.3 Å². The molecule has 2 aromatic rings. The summed E-state index contributed by atoms with van der Waals surface area (Å²) >= 11 is 0. The summed E-state index contributed by atoms with van der Waals surface area (Å²) in [6, 6.07) is 8.77. The summed E-state index contributed by atoms with van der Waals surface area (Å²) in [7, 11) is 1.54. The number of hydrogen-bond donors (Lipinski definition) is 1. The number of carbonyl (C=O) groups excluding carboxylic acids is 2. The van der Waals surface area contributed by atoms with E-state index in [-0.39, 0.29) is 5.56 Å². The monoisotopic (exact) mass is 328 g/mol. The number of hydrogen-bond acceptors (Lipinski definition) is 5. The van der Waals surface area contributed by atoms with Gasteiger partial charge in [-0.15, -0.1) is 0 Å². The van der Waals surface area contributed by atoms with Crippen molar-refractivity contribution < 1.29 is 19.1 Å². The van der Waals surface area contributed by atoms with E-state index in [0.29, 0.717) is 29.0 Å². The van der Waals surface area contributed by atoms with Crippen molar-refractivity contribution in [2.24, 2.45) is 0 Å². The minimum Gasteiger partial charge on any atom is -0.496 e. The quantitative estimate of drug-likeness (QED) is 0.861. The van der Waals surface area contributed by atoms with Crippen LogP contribution in [-0.2, 0) is 4.74 Å². The van der Waals surface area contributed by atoms with E-state index in [4.69, 9.17) is 9.47 Å². The highest BCUT2D eigenvalue weighted by atomic mass is 16.6. The van der Waals surface area contributed by atoms with Crippen LogP contribution < -0.4 is 10.1 Å². The molecule has 0 radical (unpaired) electrons. The number of aldehydes is 1. The summed E-state index contributed by atoms with van der Waals surface area (Å²) in [5, 5.41) is 2.59. The molecular formula is C18H20N2O4. The summed E-state index contributed by atoms with van der Waals surface area (Å²) in [4.78, 5) is 27.9. The van der Waals surface area contributed by atoms with Crippen LogP contribution in [0.2, 0.25) is 0 Å². The van der Waals surface area contributed by atoms with Crippen LogP contribution in [0.5, 0.6) is 5.75 Å². The minimum absolute atomic E-state index is 0.257. The fraction of sp³-hybridized carbons (Fsp3) is 0.278. The molecule has 1 heterocycles. The van der Waals surface area contributed by atoms with Crippen LogP contribution in [0, 0.1) is 0 Å². The van der Waals surface area contributed by atoms with Crippen LogP contribution in [0.3, 0.4) is 0 Å². The van der Waals surface area contributed by atoms with Gasteiger partial charge >= 0.3 is 6.09 Å². The predicted octanol–water partition coefficient (Wildman–Crippen LogP) is 3.92. The lowest BCUT2D eigenvalue weighted by molar-refractivity contribution is 0.0636. The smallest absolute Gasteiger partial charge is 0.412 e. The fourth-order valence-corrected chi connectivity index (χ4v) is 2.17. The van der Waals surface area contributed by atoms with Gasteiger partial charge in [0.15, 0.2) is 6.29 Å². The second-order valence-electron chi connectivity index (χ2n) is 6.07. The summed E-state index contributed by atoms with van der Waals surface area (Å²) in [5.41, 5.74) is 1.04. The molecule has 6 nitrogen and oxygen atoms in total. The molecule has 24 heavy (non-hydrogen) atoms. The number of ether oxygens (including phenoxy) is 2. The lowest BCUT2D eigenvalue weighted by atomic mass is 10.0. The Hall–Kier alpha value is -2.89. The van der Waals surface area contributed by atoms with Crippen molar-refractivity contribution in [2.45, 2.75) is 26.4 Å². The van der Waals surface area contributed by atoms with Gasteiger partial charge in [0.1, 0.15) is 11.4 Å². The Bertz CT molecular complexity index is 751. The Balaban J connectivity index is 2.43. The Kier molecular flexibility index (Phi) is 5.18. The van der Waals surface area contributed by atoms with Crippen LogP contribution in [0.1, 0.15) is 31.1 Å². The second-order valence-corrected chi connectivity index (χ2v) is 6.07. The molecule has 1 amide bonds. The molecule has 0 aliphatic heterocycles. The Morgan fingerprint density at radius 1 is 1.21 bits per heavy atom. The van der Waals surface area contributed by atoms with Gasteiger partial charge in [-0.25, -0.2) is 4.79 Å². The topological polar surface area (TPSA) is 77.5 Å². The maximum atomic E-state index is 12.0. The number of carbonyl (C=O) groups is 2. The van der Waals surface area contributed by atoms with Gasteiger partial charge in [-0.05, 0) is 39.0 Å². The van der Waals surface area contributed by atoms with Crippen molar-refractivity contribution in [1.29, 1.82) is 0 Å². The predicted molar refractivity (Wildman–Crippen MR) is 91.5 cm³/mol. The number of rotatable bonds is 4. The average Bonchev–Trinajstić information content (AvgIpc) is 2.52. The molecule has 1 N–H and O–H groups in total. The Morgan fingerprint density at radius 3 is 2.54 bits per heavy atom. The third-order valence-corrected chi connectivity index (χ3v) is 3.11. The number of amides is 1. The summed E-state index contributed by atoms with van der Waals surface area (Å²) in [6.07, 6.45) is 1.53. The fourth-order valence-electron chi connectivity index (χ4n) is 2.17. The summed E-state index contributed by atoms with van der Waals surface area (Å²) in [6.45, 7) is 5.29. The van der Waals surface area contributed by atoms with Crippen molar-refractivity contribution in [3.63, 3.8) is 0 Å². The molecule has 0 atom stereocenters. The third kappa shape index (κ3) is 4.10. The molecule has 0 aliphatic rings. The maximum Gasteiger partial charge on any atom is 0.412 e. The molecule has 0 fully saturated rings. The number of methoxy groups -OCH3 is 1. The third-order valence-electron chi connectivity index (χ3n) is 3.11. The van der Waals surface area contributed by atoms with E-state index >= 15 is 0 Å². The molecule has 0 spiro atoms. The van der Waals surface area contributed by atoms with Gasteiger partial charge in [0.05, 0.1) is 24.1 Å². The first-order valence-corrected chi connectivity index (χ1v) is 7.43. The molecule has 0 bridgehead atoms. The zero-order valence-corrected chi connectivity index (χ0v) is 14.1. The molecule has 0 saturated carbocycles. The SMILES string of the molecule is COc1ccccc1-c1nccc(NC(=O)OC(C)(C)C)c1C=O. The van der Waals surface area contributed by atoms with Crippen molar-refractivity contribution in [1.82, 2.24) is 4.98 Å². The highest BCUT2D eigenvalue weighted by Crippen LogP contribution is 2.32. The number of nitrogens with one attached hydrogen (secondary N) is 1. The average molecular weight is 328 g/mol. The van der Waals surface area contributed by atoms with Gasteiger partial charge < -0.3 is 9.47 Å². The van der Waals surface area contributed by atoms with Crippen molar-refractivity contribution >= 4 is 18.1 Å². The molecule has 6 heteroatoms. The molecule has 0 aliphatic carbocycles. The lowest BCUT2D eigenvalue weighted by Gasteiger charge is -2.20. The van der Waals surface area contributed by atoms with Crippen LogP contribution in [0.15, 0.2) is 36.5 Å². The highest BCUT2D eigenvalue weighted by Gasteiger charge is 2.19. The van der Waals surface area contributed by atoms with Crippen molar-refractivity contribution in [3.8, 4) is 17.0 Å². The Morgan fingerprint density at radius 2 is 1.92 bits per heavy atom. The number of aromatic nitrogens is 1. The number of anilines is 1. The molecule has 1 aromatic carbocycles. The largest absolute Gasteiger partial charge is 0.496 e. The second kappa shape index (κ2) is 7.12. The van der Waals surface area contributed by atoms with E-state index < -0.39 is 11.7 Å². The maximum absolute atomic E-state index is 12.0. The molecule has 1 aromatic heterocycles. The first-order valence-electron chi connectivity index (χ1n) is 7.43. The van der Waals surface area contributed by atoms with Crippen LogP contribution in [-0.4, -0.2) is 30.1 Å².